The molecule has 0 fully saturated rings. The molecule has 0 saturated heterocycles. The van der Waals surface area contributed by atoms with Crippen molar-refractivity contribution < 1.29 is 19.8 Å². The molecule has 0 spiro atoms. The third-order valence-electron chi connectivity index (χ3n) is 3.04. The number of hydrogen-bond donors (Lipinski definition) is 4. The number of amides is 2. The number of carboxylic acids is 1. The van der Waals surface area contributed by atoms with Gasteiger partial charge in [0.25, 0.3) is 0 Å². The van der Waals surface area contributed by atoms with E-state index in [4.69, 9.17) is 5.11 Å². The Morgan fingerprint density at radius 2 is 1.95 bits per heavy atom. The zero-order chi connectivity index (χ0) is 15.3. The summed E-state index contributed by atoms with van der Waals surface area (Å²) in [5, 5.41) is 23.6. The molecule has 2 amide bonds. The Morgan fingerprint density at radius 1 is 1.30 bits per heavy atom. The van der Waals surface area contributed by atoms with Gasteiger partial charge in [0.1, 0.15) is 5.75 Å². The molecule has 4 N–H and O–H groups in total. The van der Waals surface area contributed by atoms with Gasteiger partial charge in [0.15, 0.2) is 0 Å². The standard InChI is InChI=1S/C14H20N2O4/c1-4-11(8(2)3)15-14(20)16-12-6-5-9(17)7-10(12)13(18)19/h5-8,11,17H,4H2,1-3H3,(H,18,19)(H2,15,16,20). The number of anilines is 1. The zero-order valence-electron chi connectivity index (χ0n) is 11.8. The van der Waals surface area contributed by atoms with E-state index in [1.165, 1.54) is 12.1 Å². The number of carboxylic acid groups (broad SMARTS) is 1. The van der Waals surface area contributed by atoms with Gasteiger partial charge in [0.2, 0.25) is 0 Å². The Labute approximate surface area is 117 Å². The number of aromatic carboxylic acids is 1. The van der Waals surface area contributed by atoms with Crippen LogP contribution in [0.15, 0.2) is 18.2 Å². The minimum Gasteiger partial charge on any atom is -0.508 e. The van der Waals surface area contributed by atoms with E-state index in [9.17, 15) is 14.7 Å². The van der Waals surface area contributed by atoms with Crippen molar-refractivity contribution >= 4 is 17.7 Å². The van der Waals surface area contributed by atoms with Gasteiger partial charge in [-0.25, -0.2) is 9.59 Å². The van der Waals surface area contributed by atoms with E-state index in [0.717, 1.165) is 12.5 Å². The highest BCUT2D eigenvalue weighted by molar-refractivity contribution is 6.00. The maximum absolute atomic E-state index is 11.9. The lowest BCUT2D eigenvalue weighted by molar-refractivity contribution is 0.0697. The van der Waals surface area contributed by atoms with Crippen LogP contribution in [-0.2, 0) is 0 Å². The second-order valence-electron chi connectivity index (χ2n) is 4.89. The summed E-state index contributed by atoms with van der Waals surface area (Å²) < 4.78 is 0. The van der Waals surface area contributed by atoms with Gasteiger partial charge in [-0.1, -0.05) is 20.8 Å². The monoisotopic (exact) mass is 280 g/mol. The van der Waals surface area contributed by atoms with E-state index in [0.29, 0.717) is 0 Å². The van der Waals surface area contributed by atoms with Crippen molar-refractivity contribution in [1.29, 1.82) is 0 Å². The quantitative estimate of drug-likeness (QED) is 0.623. The average Bonchev–Trinajstić information content (AvgIpc) is 2.37. The molecular formula is C14H20N2O4. The normalized spacial score (nSPS) is 12.0. The second kappa shape index (κ2) is 6.79. The van der Waals surface area contributed by atoms with Crippen molar-refractivity contribution in [2.24, 2.45) is 5.92 Å². The zero-order valence-corrected chi connectivity index (χ0v) is 11.8. The first-order valence-corrected chi connectivity index (χ1v) is 6.49. The Bertz CT molecular complexity index is 500. The van der Waals surface area contributed by atoms with E-state index in [1.807, 2.05) is 20.8 Å². The maximum atomic E-state index is 11.9. The van der Waals surface area contributed by atoms with E-state index in [2.05, 4.69) is 10.6 Å². The van der Waals surface area contributed by atoms with Crippen molar-refractivity contribution in [3.63, 3.8) is 0 Å². The number of benzene rings is 1. The molecule has 0 aliphatic heterocycles. The molecule has 6 heteroatoms. The van der Waals surface area contributed by atoms with Crippen molar-refractivity contribution in [3.8, 4) is 5.75 Å². The molecule has 110 valence electrons. The van der Waals surface area contributed by atoms with Crippen molar-refractivity contribution in [1.82, 2.24) is 5.32 Å². The van der Waals surface area contributed by atoms with Gasteiger partial charge in [0, 0.05) is 6.04 Å². The number of phenolic OH excluding ortho intramolecular Hbond substituents is 1. The summed E-state index contributed by atoms with van der Waals surface area (Å²) in [7, 11) is 0. The summed E-state index contributed by atoms with van der Waals surface area (Å²) in [6.07, 6.45) is 0.784. The molecule has 1 atom stereocenters. The highest BCUT2D eigenvalue weighted by atomic mass is 16.4. The van der Waals surface area contributed by atoms with Gasteiger partial charge in [-0.2, -0.15) is 0 Å². The third kappa shape index (κ3) is 4.15. The Morgan fingerprint density at radius 3 is 2.45 bits per heavy atom. The number of rotatable bonds is 5. The minimum atomic E-state index is -1.22. The number of urea groups is 1. The highest BCUT2D eigenvalue weighted by Gasteiger charge is 2.17. The van der Waals surface area contributed by atoms with Crippen LogP contribution >= 0.6 is 0 Å². The van der Waals surface area contributed by atoms with E-state index < -0.39 is 12.0 Å². The molecule has 0 aliphatic carbocycles. The third-order valence-corrected chi connectivity index (χ3v) is 3.04. The first-order chi connectivity index (χ1) is 9.35. The van der Waals surface area contributed by atoms with Crippen molar-refractivity contribution in [2.75, 3.05) is 5.32 Å². The Hall–Kier alpha value is -2.24. The summed E-state index contributed by atoms with van der Waals surface area (Å²) in [5.74, 6) is -1.10. The summed E-state index contributed by atoms with van der Waals surface area (Å²) in [4.78, 5) is 22.9. The van der Waals surface area contributed by atoms with Gasteiger partial charge in [-0.3, -0.25) is 0 Å². The Balaban J connectivity index is 2.83. The number of carbonyl (C=O) groups excluding carboxylic acids is 1. The second-order valence-corrected chi connectivity index (χ2v) is 4.89. The molecular weight excluding hydrogens is 260 g/mol. The molecule has 0 heterocycles. The van der Waals surface area contributed by atoms with Crippen LogP contribution < -0.4 is 10.6 Å². The fraction of sp³-hybridized carbons (Fsp3) is 0.429. The van der Waals surface area contributed by atoms with Crippen molar-refractivity contribution in [3.05, 3.63) is 23.8 Å². The fourth-order valence-electron chi connectivity index (χ4n) is 1.89. The largest absolute Gasteiger partial charge is 0.508 e. The van der Waals surface area contributed by atoms with E-state index in [-0.39, 0.29) is 29.0 Å². The molecule has 1 rings (SSSR count). The number of nitrogens with one attached hydrogen (secondary N) is 2. The molecule has 1 aromatic carbocycles. The number of hydrogen-bond acceptors (Lipinski definition) is 3. The maximum Gasteiger partial charge on any atom is 0.337 e. The molecule has 0 aromatic heterocycles. The van der Waals surface area contributed by atoms with Gasteiger partial charge >= 0.3 is 12.0 Å². The van der Waals surface area contributed by atoms with Crippen molar-refractivity contribution in [2.45, 2.75) is 33.2 Å². The van der Waals surface area contributed by atoms with E-state index >= 15 is 0 Å². The number of carbonyl (C=O) groups is 2. The number of phenols is 1. The van der Waals surface area contributed by atoms with Crippen LogP contribution in [0.4, 0.5) is 10.5 Å². The van der Waals surface area contributed by atoms with Crippen LogP contribution in [-0.4, -0.2) is 28.3 Å². The van der Waals surface area contributed by atoms with Crippen LogP contribution in [0.25, 0.3) is 0 Å². The van der Waals surface area contributed by atoms with Gasteiger partial charge in [-0.15, -0.1) is 0 Å². The van der Waals surface area contributed by atoms with Crippen LogP contribution in [0, 0.1) is 5.92 Å². The lowest BCUT2D eigenvalue weighted by Gasteiger charge is -2.21. The molecule has 1 unspecified atom stereocenters. The SMILES string of the molecule is CCC(NC(=O)Nc1ccc(O)cc1C(=O)O)C(C)C. The smallest absolute Gasteiger partial charge is 0.337 e. The summed E-state index contributed by atoms with van der Waals surface area (Å²) >= 11 is 0. The fourth-order valence-corrected chi connectivity index (χ4v) is 1.89. The lowest BCUT2D eigenvalue weighted by Crippen LogP contribution is -2.40. The molecule has 0 bridgehead atoms. The lowest BCUT2D eigenvalue weighted by atomic mass is 10.0. The van der Waals surface area contributed by atoms with Crippen LogP contribution in [0.3, 0.4) is 0 Å². The van der Waals surface area contributed by atoms with Gasteiger partial charge < -0.3 is 20.8 Å². The molecule has 0 saturated carbocycles. The predicted octanol–water partition coefficient (Wildman–Crippen LogP) is 2.65. The minimum absolute atomic E-state index is 0.0143. The van der Waals surface area contributed by atoms with Gasteiger partial charge in [0.05, 0.1) is 11.3 Å². The molecule has 0 aliphatic rings. The van der Waals surface area contributed by atoms with Gasteiger partial charge in [-0.05, 0) is 30.5 Å². The highest BCUT2D eigenvalue weighted by Crippen LogP contribution is 2.21. The summed E-state index contributed by atoms with van der Waals surface area (Å²) in [6, 6.07) is 3.33. The summed E-state index contributed by atoms with van der Waals surface area (Å²) in [5.41, 5.74) is -0.0100. The van der Waals surface area contributed by atoms with E-state index in [1.54, 1.807) is 0 Å². The molecule has 6 nitrogen and oxygen atoms in total. The average molecular weight is 280 g/mol. The molecule has 0 radical (unpaired) electrons. The van der Waals surface area contributed by atoms with Crippen LogP contribution in [0.5, 0.6) is 5.75 Å². The first-order valence-electron chi connectivity index (χ1n) is 6.49. The van der Waals surface area contributed by atoms with Crippen LogP contribution in [0.2, 0.25) is 0 Å². The Kier molecular flexibility index (Phi) is 5.37. The van der Waals surface area contributed by atoms with Crippen LogP contribution in [0.1, 0.15) is 37.6 Å². The predicted molar refractivity (Wildman–Crippen MR) is 76.1 cm³/mol. The summed E-state index contributed by atoms with van der Waals surface area (Å²) in [6.45, 7) is 5.96. The topological polar surface area (TPSA) is 98.7 Å². The molecule has 1 aromatic rings. The number of aromatic hydroxyl groups is 1. The first kappa shape index (κ1) is 15.8. The molecule has 20 heavy (non-hydrogen) atoms.